The number of aromatic nitrogens is 1. The van der Waals surface area contributed by atoms with Gasteiger partial charge in [-0.05, 0) is 24.5 Å². The van der Waals surface area contributed by atoms with Crippen LogP contribution in [-0.4, -0.2) is 16.6 Å². The molecule has 1 aliphatic rings. The van der Waals surface area contributed by atoms with E-state index >= 15 is 0 Å². The Bertz CT molecular complexity index is 565. The smallest absolute Gasteiger partial charge is 0.186 e. The highest BCUT2D eigenvalue weighted by Crippen LogP contribution is 2.30. The van der Waals surface area contributed by atoms with Gasteiger partial charge in [0.05, 0.1) is 17.2 Å². The van der Waals surface area contributed by atoms with Gasteiger partial charge in [0.15, 0.2) is 5.13 Å². The summed E-state index contributed by atoms with van der Waals surface area (Å²) in [4.78, 5) is 7.84. The van der Waals surface area contributed by atoms with Gasteiger partial charge in [-0.3, -0.25) is 0 Å². The van der Waals surface area contributed by atoms with E-state index in [2.05, 4.69) is 34.1 Å². The van der Waals surface area contributed by atoms with Crippen LogP contribution in [0.25, 0.3) is 0 Å². The molecule has 2 heterocycles. The first-order valence-electron chi connectivity index (χ1n) is 6.17. The van der Waals surface area contributed by atoms with Crippen LogP contribution in [0.3, 0.4) is 0 Å². The second-order valence-corrected chi connectivity index (χ2v) is 5.67. The fourth-order valence-electron chi connectivity index (χ4n) is 2.35. The van der Waals surface area contributed by atoms with Gasteiger partial charge >= 0.3 is 0 Å². The molecule has 0 aliphatic carbocycles. The standard InChI is InChI=1S/C14H16N2OS/c1-10-13(9-17)18-14(15-10)16-7-6-11-4-2-3-5-12(11)8-16/h2-5,17H,6-9H2,1H3. The minimum absolute atomic E-state index is 0.0912. The first-order chi connectivity index (χ1) is 8.78. The van der Waals surface area contributed by atoms with Gasteiger partial charge in [0.1, 0.15) is 0 Å². The molecule has 3 nitrogen and oxygen atoms in total. The lowest BCUT2D eigenvalue weighted by molar-refractivity contribution is 0.284. The average Bonchev–Trinajstić information content (AvgIpc) is 2.79. The molecule has 1 aromatic carbocycles. The number of aryl methyl sites for hydroxylation is 1. The van der Waals surface area contributed by atoms with E-state index in [1.54, 1.807) is 11.3 Å². The molecule has 0 fully saturated rings. The second-order valence-electron chi connectivity index (χ2n) is 4.60. The Morgan fingerprint density at radius 2 is 2.11 bits per heavy atom. The Labute approximate surface area is 111 Å². The van der Waals surface area contributed by atoms with Gasteiger partial charge in [-0.15, -0.1) is 0 Å². The molecule has 1 aromatic heterocycles. The third-order valence-electron chi connectivity index (χ3n) is 3.43. The summed E-state index contributed by atoms with van der Waals surface area (Å²) in [5.74, 6) is 0. The second kappa shape index (κ2) is 4.71. The molecular weight excluding hydrogens is 244 g/mol. The van der Waals surface area contributed by atoms with Gasteiger partial charge in [-0.2, -0.15) is 0 Å². The maximum Gasteiger partial charge on any atom is 0.186 e. The number of benzene rings is 1. The number of thiazole rings is 1. The van der Waals surface area contributed by atoms with Crippen molar-refractivity contribution >= 4 is 16.5 Å². The summed E-state index contributed by atoms with van der Waals surface area (Å²) in [5.41, 5.74) is 3.79. The number of hydrogen-bond acceptors (Lipinski definition) is 4. The maximum absolute atomic E-state index is 9.24. The van der Waals surface area contributed by atoms with Crippen molar-refractivity contribution in [3.05, 3.63) is 46.0 Å². The zero-order valence-electron chi connectivity index (χ0n) is 10.4. The third kappa shape index (κ3) is 2.02. The van der Waals surface area contributed by atoms with Crippen molar-refractivity contribution in [1.29, 1.82) is 0 Å². The molecule has 0 bridgehead atoms. The SMILES string of the molecule is Cc1nc(N2CCc3ccccc3C2)sc1CO. The molecule has 0 atom stereocenters. The lowest BCUT2D eigenvalue weighted by Crippen LogP contribution is -2.30. The van der Waals surface area contributed by atoms with Crippen LogP contribution in [0.5, 0.6) is 0 Å². The average molecular weight is 260 g/mol. The lowest BCUT2D eigenvalue weighted by atomic mass is 10.0. The zero-order chi connectivity index (χ0) is 12.5. The van der Waals surface area contributed by atoms with Crippen LogP contribution < -0.4 is 4.90 Å². The highest BCUT2D eigenvalue weighted by molar-refractivity contribution is 7.15. The van der Waals surface area contributed by atoms with Crippen molar-refractivity contribution in [2.45, 2.75) is 26.5 Å². The Kier molecular flexibility index (Phi) is 3.06. The van der Waals surface area contributed by atoms with Crippen molar-refractivity contribution in [1.82, 2.24) is 4.98 Å². The van der Waals surface area contributed by atoms with Gasteiger partial charge < -0.3 is 10.0 Å². The number of aliphatic hydroxyl groups is 1. The molecule has 94 valence electrons. The monoisotopic (exact) mass is 260 g/mol. The van der Waals surface area contributed by atoms with Gasteiger partial charge in [0.25, 0.3) is 0 Å². The van der Waals surface area contributed by atoms with Crippen LogP contribution >= 0.6 is 11.3 Å². The Morgan fingerprint density at radius 3 is 2.83 bits per heavy atom. The summed E-state index contributed by atoms with van der Waals surface area (Å²) >= 11 is 1.61. The number of anilines is 1. The Balaban J connectivity index is 1.87. The summed E-state index contributed by atoms with van der Waals surface area (Å²) in [7, 11) is 0. The largest absolute Gasteiger partial charge is 0.391 e. The molecule has 0 unspecified atom stereocenters. The number of fused-ring (bicyclic) bond motifs is 1. The molecular formula is C14H16N2OS. The number of aliphatic hydroxyl groups excluding tert-OH is 1. The normalized spacial score (nSPS) is 14.7. The highest BCUT2D eigenvalue weighted by atomic mass is 32.1. The Hall–Kier alpha value is -1.39. The van der Waals surface area contributed by atoms with E-state index < -0.39 is 0 Å². The van der Waals surface area contributed by atoms with Crippen LogP contribution in [-0.2, 0) is 19.6 Å². The molecule has 3 rings (SSSR count). The first-order valence-corrected chi connectivity index (χ1v) is 6.98. The van der Waals surface area contributed by atoms with E-state index in [1.807, 2.05) is 6.92 Å². The van der Waals surface area contributed by atoms with Crippen LogP contribution in [0.15, 0.2) is 24.3 Å². The molecule has 2 aromatic rings. The summed E-state index contributed by atoms with van der Waals surface area (Å²) in [5, 5.41) is 10.3. The Morgan fingerprint density at radius 1 is 1.33 bits per heavy atom. The minimum Gasteiger partial charge on any atom is -0.391 e. The predicted octanol–water partition coefficient (Wildman–Crippen LogP) is 2.51. The third-order valence-corrected chi connectivity index (χ3v) is 4.63. The van der Waals surface area contributed by atoms with Crippen molar-refractivity contribution in [3.63, 3.8) is 0 Å². The molecule has 0 radical (unpaired) electrons. The van der Waals surface area contributed by atoms with Gasteiger partial charge in [-0.25, -0.2) is 4.98 Å². The van der Waals surface area contributed by atoms with E-state index in [-0.39, 0.29) is 6.61 Å². The van der Waals surface area contributed by atoms with E-state index in [0.29, 0.717) is 0 Å². The van der Waals surface area contributed by atoms with Crippen molar-refractivity contribution in [2.24, 2.45) is 0 Å². The first kappa shape index (κ1) is 11.7. The molecule has 1 N–H and O–H groups in total. The maximum atomic E-state index is 9.24. The minimum atomic E-state index is 0.0912. The molecule has 0 spiro atoms. The van der Waals surface area contributed by atoms with Crippen LogP contribution in [0.2, 0.25) is 0 Å². The zero-order valence-corrected chi connectivity index (χ0v) is 11.2. The van der Waals surface area contributed by atoms with Crippen LogP contribution in [0.4, 0.5) is 5.13 Å². The van der Waals surface area contributed by atoms with E-state index in [1.165, 1.54) is 11.1 Å². The lowest BCUT2D eigenvalue weighted by Gasteiger charge is -2.28. The van der Waals surface area contributed by atoms with E-state index in [0.717, 1.165) is 35.2 Å². The summed E-state index contributed by atoms with van der Waals surface area (Å²) in [6.07, 6.45) is 1.07. The van der Waals surface area contributed by atoms with Crippen molar-refractivity contribution in [2.75, 3.05) is 11.4 Å². The topological polar surface area (TPSA) is 36.4 Å². The van der Waals surface area contributed by atoms with Crippen molar-refractivity contribution < 1.29 is 5.11 Å². The summed E-state index contributed by atoms with van der Waals surface area (Å²) in [6.45, 7) is 3.99. The van der Waals surface area contributed by atoms with Gasteiger partial charge in [0, 0.05) is 13.1 Å². The van der Waals surface area contributed by atoms with Crippen molar-refractivity contribution in [3.8, 4) is 0 Å². The number of rotatable bonds is 2. The van der Waals surface area contributed by atoms with E-state index in [9.17, 15) is 5.11 Å². The summed E-state index contributed by atoms with van der Waals surface area (Å²) in [6, 6.07) is 8.59. The van der Waals surface area contributed by atoms with Gasteiger partial charge in [0.2, 0.25) is 0 Å². The van der Waals surface area contributed by atoms with E-state index in [4.69, 9.17) is 0 Å². The highest BCUT2D eigenvalue weighted by Gasteiger charge is 2.19. The molecule has 0 saturated heterocycles. The number of hydrogen-bond donors (Lipinski definition) is 1. The van der Waals surface area contributed by atoms with Gasteiger partial charge in [-0.1, -0.05) is 35.6 Å². The fourth-order valence-corrected chi connectivity index (χ4v) is 3.30. The molecule has 0 saturated carbocycles. The molecule has 4 heteroatoms. The number of nitrogens with zero attached hydrogens (tertiary/aromatic N) is 2. The summed E-state index contributed by atoms with van der Waals surface area (Å²) < 4.78 is 0. The molecule has 0 amide bonds. The molecule has 18 heavy (non-hydrogen) atoms. The predicted molar refractivity (Wildman–Crippen MR) is 74.0 cm³/mol. The fraction of sp³-hybridized carbons (Fsp3) is 0.357. The molecule has 1 aliphatic heterocycles. The van der Waals surface area contributed by atoms with Crippen LogP contribution in [0, 0.1) is 6.92 Å². The quantitative estimate of drug-likeness (QED) is 0.901. The van der Waals surface area contributed by atoms with Crippen LogP contribution in [0.1, 0.15) is 21.7 Å².